The van der Waals surface area contributed by atoms with Gasteiger partial charge in [-0.05, 0) is 6.42 Å². The molecule has 1 heterocycles. The Bertz CT molecular complexity index is 201. The molecule has 5 heteroatoms. The number of amides is 1. The smallest absolute Gasteiger partial charge is 0.248 e. The fourth-order valence-corrected chi connectivity index (χ4v) is 1.36. The topological polar surface area (TPSA) is 48.0 Å². The first-order valence-corrected chi connectivity index (χ1v) is 4.66. The summed E-state index contributed by atoms with van der Waals surface area (Å²) in [6, 6.07) is 0. The molecule has 0 bridgehead atoms. The SMILES string of the molecule is CCC1(CC(=O)N(C)OC)COCO1. The van der Waals surface area contributed by atoms with E-state index in [2.05, 4.69) is 0 Å². The third-order valence-electron chi connectivity index (χ3n) is 2.56. The predicted octanol–water partition coefficient (Wildman–Crippen LogP) is 0.549. The van der Waals surface area contributed by atoms with E-state index in [1.54, 1.807) is 7.05 Å². The summed E-state index contributed by atoms with van der Waals surface area (Å²) in [5, 5.41) is 1.21. The van der Waals surface area contributed by atoms with Crippen molar-refractivity contribution in [1.29, 1.82) is 0 Å². The van der Waals surface area contributed by atoms with E-state index in [9.17, 15) is 4.79 Å². The molecule has 0 radical (unpaired) electrons. The Hall–Kier alpha value is -0.650. The highest BCUT2D eigenvalue weighted by Gasteiger charge is 2.37. The first kappa shape index (κ1) is 11.4. The number of carbonyl (C=O) groups excluding carboxylic acids is 1. The zero-order valence-electron chi connectivity index (χ0n) is 8.91. The Balaban J connectivity index is 2.52. The molecule has 1 fully saturated rings. The first-order chi connectivity index (χ1) is 6.63. The maximum absolute atomic E-state index is 11.6. The largest absolute Gasteiger partial charge is 0.352 e. The lowest BCUT2D eigenvalue weighted by Gasteiger charge is -2.25. The first-order valence-electron chi connectivity index (χ1n) is 4.66. The van der Waals surface area contributed by atoms with E-state index in [-0.39, 0.29) is 12.7 Å². The van der Waals surface area contributed by atoms with Crippen molar-refractivity contribution < 1.29 is 19.1 Å². The van der Waals surface area contributed by atoms with Crippen LogP contribution in [0.25, 0.3) is 0 Å². The number of hydroxylamine groups is 2. The lowest BCUT2D eigenvalue weighted by atomic mass is 9.97. The average Bonchev–Trinajstić information content (AvgIpc) is 2.65. The van der Waals surface area contributed by atoms with Crippen LogP contribution in [0, 0.1) is 0 Å². The molecular formula is C9H17NO4. The van der Waals surface area contributed by atoms with Gasteiger partial charge in [0.1, 0.15) is 12.4 Å². The molecule has 0 aromatic carbocycles. The van der Waals surface area contributed by atoms with Crippen LogP contribution in [-0.2, 0) is 19.1 Å². The van der Waals surface area contributed by atoms with Crippen molar-refractivity contribution >= 4 is 5.91 Å². The number of hydrogen-bond donors (Lipinski definition) is 0. The molecule has 0 saturated carbocycles. The van der Waals surface area contributed by atoms with Crippen molar-refractivity contribution in [1.82, 2.24) is 5.06 Å². The molecule has 1 aliphatic rings. The summed E-state index contributed by atoms with van der Waals surface area (Å²) in [6.07, 6.45) is 1.06. The average molecular weight is 203 g/mol. The molecule has 0 aliphatic carbocycles. The van der Waals surface area contributed by atoms with E-state index in [4.69, 9.17) is 14.3 Å². The lowest BCUT2D eigenvalue weighted by molar-refractivity contribution is -0.173. The molecule has 14 heavy (non-hydrogen) atoms. The van der Waals surface area contributed by atoms with Gasteiger partial charge in [-0.3, -0.25) is 9.63 Å². The second-order valence-corrected chi connectivity index (χ2v) is 3.40. The van der Waals surface area contributed by atoms with Crippen molar-refractivity contribution in [3.8, 4) is 0 Å². The van der Waals surface area contributed by atoms with Crippen LogP contribution in [0.15, 0.2) is 0 Å². The Morgan fingerprint density at radius 1 is 1.64 bits per heavy atom. The highest BCUT2D eigenvalue weighted by Crippen LogP contribution is 2.26. The van der Waals surface area contributed by atoms with Gasteiger partial charge in [-0.1, -0.05) is 6.92 Å². The van der Waals surface area contributed by atoms with Crippen LogP contribution in [0.3, 0.4) is 0 Å². The minimum atomic E-state index is -0.454. The fourth-order valence-electron chi connectivity index (χ4n) is 1.36. The molecular weight excluding hydrogens is 186 g/mol. The normalized spacial score (nSPS) is 26.5. The van der Waals surface area contributed by atoms with Gasteiger partial charge in [0.15, 0.2) is 0 Å². The molecule has 5 nitrogen and oxygen atoms in total. The van der Waals surface area contributed by atoms with Gasteiger partial charge in [0.2, 0.25) is 5.91 Å². The standard InChI is InChI=1S/C9H17NO4/c1-4-9(6-13-7-14-9)5-8(11)10(2)12-3/h4-7H2,1-3H3. The van der Waals surface area contributed by atoms with Gasteiger partial charge in [0, 0.05) is 7.05 Å². The third kappa shape index (κ3) is 2.43. The summed E-state index contributed by atoms with van der Waals surface area (Å²) in [6.45, 7) is 2.74. The van der Waals surface area contributed by atoms with Crippen LogP contribution >= 0.6 is 0 Å². The Labute approximate surface area is 83.9 Å². The van der Waals surface area contributed by atoms with Crippen molar-refractivity contribution in [2.45, 2.75) is 25.4 Å². The molecule has 0 aromatic heterocycles. The van der Waals surface area contributed by atoms with Crippen LogP contribution in [0.4, 0.5) is 0 Å². The summed E-state index contributed by atoms with van der Waals surface area (Å²) < 4.78 is 10.6. The van der Waals surface area contributed by atoms with Crippen LogP contribution in [-0.4, -0.2) is 44.1 Å². The lowest BCUT2D eigenvalue weighted by Crippen LogP contribution is -2.38. The molecule has 0 spiro atoms. The van der Waals surface area contributed by atoms with Gasteiger partial charge >= 0.3 is 0 Å². The summed E-state index contributed by atoms with van der Waals surface area (Å²) >= 11 is 0. The molecule has 0 N–H and O–H groups in total. The second-order valence-electron chi connectivity index (χ2n) is 3.40. The number of hydrogen-bond acceptors (Lipinski definition) is 4. The molecule has 1 unspecified atom stereocenters. The van der Waals surface area contributed by atoms with Gasteiger partial charge in [0.05, 0.1) is 20.1 Å². The summed E-state index contributed by atoms with van der Waals surface area (Å²) in [5.41, 5.74) is -0.454. The highest BCUT2D eigenvalue weighted by atomic mass is 16.7. The predicted molar refractivity (Wildman–Crippen MR) is 49.3 cm³/mol. The summed E-state index contributed by atoms with van der Waals surface area (Å²) in [5.74, 6) is -0.0974. The maximum atomic E-state index is 11.6. The van der Waals surface area contributed by atoms with Gasteiger partial charge in [-0.25, -0.2) is 5.06 Å². The van der Waals surface area contributed by atoms with Gasteiger partial charge in [0.25, 0.3) is 0 Å². The molecule has 1 rings (SSSR count). The quantitative estimate of drug-likeness (QED) is 0.626. The third-order valence-corrected chi connectivity index (χ3v) is 2.56. The van der Waals surface area contributed by atoms with E-state index >= 15 is 0 Å². The zero-order chi connectivity index (χ0) is 10.6. The van der Waals surface area contributed by atoms with Crippen LogP contribution in [0.5, 0.6) is 0 Å². The van der Waals surface area contributed by atoms with Gasteiger partial charge in [-0.2, -0.15) is 0 Å². The molecule has 1 amide bonds. The number of ether oxygens (including phenoxy) is 2. The molecule has 0 aromatic rings. The maximum Gasteiger partial charge on any atom is 0.248 e. The summed E-state index contributed by atoms with van der Waals surface area (Å²) in [4.78, 5) is 16.4. The van der Waals surface area contributed by atoms with E-state index in [1.165, 1.54) is 12.2 Å². The van der Waals surface area contributed by atoms with Crippen LogP contribution in [0.2, 0.25) is 0 Å². The molecule has 1 aliphatic heterocycles. The van der Waals surface area contributed by atoms with Crippen molar-refractivity contribution in [3.63, 3.8) is 0 Å². The van der Waals surface area contributed by atoms with E-state index in [1.807, 2.05) is 6.92 Å². The van der Waals surface area contributed by atoms with E-state index < -0.39 is 5.60 Å². The number of rotatable bonds is 4. The minimum Gasteiger partial charge on any atom is -0.352 e. The summed E-state index contributed by atoms with van der Waals surface area (Å²) in [7, 11) is 3.05. The molecule has 1 saturated heterocycles. The number of carbonyl (C=O) groups is 1. The molecule has 1 atom stereocenters. The molecule has 82 valence electrons. The fraction of sp³-hybridized carbons (Fsp3) is 0.889. The number of nitrogens with zero attached hydrogens (tertiary/aromatic N) is 1. The van der Waals surface area contributed by atoms with E-state index in [0.717, 1.165) is 6.42 Å². The van der Waals surface area contributed by atoms with Crippen LogP contribution in [0.1, 0.15) is 19.8 Å². The second kappa shape index (κ2) is 4.72. The van der Waals surface area contributed by atoms with Crippen molar-refractivity contribution in [3.05, 3.63) is 0 Å². The van der Waals surface area contributed by atoms with Gasteiger partial charge < -0.3 is 9.47 Å². The van der Waals surface area contributed by atoms with E-state index in [0.29, 0.717) is 13.0 Å². The minimum absolute atomic E-state index is 0.0974. The van der Waals surface area contributed by atoms with Crippen LogP contribution < -0.4 is 0 Å². The Kier molecular flexibility index (Phi) is 3.86. The van der Waals surface area contributed by atoms with Crippen molar-refractivity contribution in [2.24, 2.45) is 0 Å². The Morgan fingerprint density at radius 3 is 2.79 bits per heavy atom. The van der Waals surface area contributed by atoms with Gasteiger partial charge in [-0.15, -0.1) is 0 Å². The monoisotopic (exact) mass is 203 g/mol. The van der Waals surface area contributed by atoms with Crippen molar-refractivity contribution in [2.75, 3.05) is 27.6 Å². The highest BCUT2D eigenvalue weighted by molar-refractivity contribution is 5.76. The zero-order valence-corrected chi connectivity index (χ0v) is 8.91. The Morgan fingerprint density at radius 2 is 2.36 bits per heavy atom.